The maximum absolute atomic E-state index is 11.8. The molecule has 1 aliphatic rings. The normalized spacial score (nSPS) is 16.3. The lowest BCUT2D eigenvalue weighted by Gasteiger charge is -2.32. The molecule has 1 saturated heterocycles. The molecular weight excluding hydrogens is 372 g/mol. The van der Waals surface area contributed by atoms with Gasteiger partial charge in [-0.25, -0.2) is 4.79 Å². The number of nitrogens with one attached hydrogen (secondary N) is 2. The lowest BCUT2D eigenvalue weighted by atomic mass is 10.1. The first-order chi connectivity index (χ1) is 14.0. The van der Waals surface area contributed by atoms with Gasteiger partial charge in [0.1, 0.15) is 18.5 Å². The second-order valence-electron chi connectivity index (χ2n) is 7.11. The number of benzene rings is 1. The Balaban J connectivity index is 1.78. The fraction of sp³-hybridized carbons (Fsp3) is 0.619. The van der Waals surface area contributed by atoms with Gasteiger partial charge in [0, 0.05) is 25.7 Å². The molecule has 1 amide bonds. The third kappa shape index (κ3) is 8.19. The first-order valence-corrected chi connectivity index (χ1v) is 10.4. The number of nitrogens with zero attached hydrogens (tertiary/aromatic N) is 2. The average molecular weight is 407 g/mol. The Morgan fingerprint density at radius 1 is 1.34 bits per heavy atom. The van der Waals surface area contributed by atoms with Crippen molar-refractivity contribution in [3.05, 3.63) is 29.8 Å². The van der Waals surface area contributed by atoms with Crippen LogP contribution in [0.15, 0.2) is 29.3 Å². The summed E-state index contributed by atoms with van der Waals surface area (Å²) in [5, 5.41) is 16.8. The van der Waals surface area contributed by atoms with Crippen LogP contribution in [0.25, 0.3) is 0 Å². The quantitative estimate of drug-likeness (QED) is 0.451. The maximum Gasteiger partial charge on any atom is 0.409 e. The molecule has 29 heavy (non-hydrogen) atoms. The summed E-state index contributed by atoms with van der Waals surface area (Å²) >= 11 is 0. The predicted octanol–water partition coefficient (Wildman–Crippen LogP) is 1.91. The van der Waals surface area contributed by atoms with Gasteiger partial charge in [-0.05, 0) is 51.3 Å². The van der Waals surface area contributed by atoms with Crippen LogP contribution < -0.4 is 15.4 Å². The van der Waals surface area contributed by atoms with E-state index in [4.69, 9.17) is 9.47 Å². The fourth-order valence-electron chi connectivity index (χ4n) is 3.08. The van der Waals surface area contributed by atoms with Gasteiger partial charge in [-0.15, -0.1) is 0 Å². The van der Waals surface area contributed by atoms with E-state index < -0.39 is 6.10 Å². The molecule has 1 heterocycles. The minimum absolute atomic E-state index is 0.185. The van der Waals surface area contributed by atoms with Crippen LogP contribution in [0.3, 0.4) is 0 Å². The zero-order chi connectivity index (χ0) is 21.1. The molecule has 1 atom stereocenters. The van der Waals surface area contributed by atoms with Crippen LogP contribution in [0.5, 0.6) is 5.75 Å². The molecule has 8 heteroatoms. The molecule has 0 aromatic heterocycles. The van der Waals surface area contributed by atoms with E-state index in [1.165, 1.54) is 0 Å². The first-order valence-electron chi connectivity index (χ1n) is 10.4. The second kappa shape index (κ2) is 12.2. The van der Waals surface area contributed by atoms with Crippen molar-refractivity contribution >= 4 is 12.1 Å². The molecule has 1 aromatic carbocycles. The Morgan fingerprint density at radius 2 is 2.10 bits per heavy atom. The molecule has 8 nitrogen and oxygen atoms in total. The summed E-state index contributed by atoms with van der Waals surface area (Å²) in [6, 6.07) is 7.95. The van der Waals surface area contributed by atoms with Crippen molar-refractivity contribution in [2.24, 2.45) is 4.99 Å². The molecule has 1 unspecified atom stereocenters. The second-order valence-corrected chi connectivity index (χ2v) is 7.11. The highest BCUT2D eigenvalue weighted by molar-refractivity contribution is 5.80. The van der Waals surface area contributed by atoms with E-state index in [0.29, 0.717) is 25.7 Å². The standard InChI is InChI=1S/C21H34N4O4/c1-4-22-20(24-17-9-11-25(12-10-17)21(27)28-5-2)23-14-18(26)15-29-19-8-6-7-16(3)13-19/h6-8,13,17-18,26H,4-5,9-12,14-15H2,1-3H3,(H2,22,23,24). The van der Waals surface area contributed by atoms with Gasteiger partial charge in [0.25, 0.3) is 0 Å². The number of hydrogen-bond acceptors (Lipinski definition) is 5. The van der Waals surface area contributed by atoms with E-state index in [9.17, 15) is 9.90 Å². The van der Waals surface area contributed by atoms with E-state index in [1.54, 1.807) is 4.90 Å². The van der Waals surface area contributed by atoms with Crippen LogP contribution >= 0.6 is 0 Å². The van der Waals surface area contributed by atoms with E-state index in [1.807, 2.05) is 45.0 Å². The van der Waals surface area contributed by atoms with Gasteiger partial charge in [0.05, 0.1) is 13.2 Å². The Morgan fingerprint density at radius 3 is 2.76 bits per heavy atom. The molecule has 2 rings (SSSR count). The van der Waals surface area contributed by atoms with E-state index in [0.717, 1.165) is 30.7 Å². The number of aliphatic hydroxyl groups is 1. The fourth-order valence-corrected chi connectivity index (χ4v) is 3.08. The van der Waals surface area contributed by atoms with Crippen molar-refractivity contribution < 1.29 is 19.4 Å². The molecule has 1 fully saturated rings. The van der Waals surface area contributed by atoms with Gasteiger partial charge in [-0.2, -0.15) is 0 Å². The van der Waals surface area contributed by atoms with Gasteiger partial charge in [0.15, 0.2) is 5.96 Å². The van der Waals surface area contributed by atoms with Crippen LogP contribution in [0.1, 0.15) is 32.3 Å². The number of rotatable bonds is 8. The zero-order valence-corrected chi connectivity index (χ0v) is 17.7. The van der Waals surface area contributed by atoms with Crippen molar-refractivity contribution in [2.45, 2.75) is 45.8 Å². The van der Waals surface area contributed by atoms with Crippen molar-refractivity contribution in [3.63, 3.8) is 0 Å². The predicted molar refractivity (Wildman–Crippen MR) is 113 cm³/mol. The van der Waals surface area contributed by atoms with E-state index >= 15 is 0 Å². The number of amides is 1. The number of ether oxygens (including phenoxy) is 2. The monoisotopic (exact) mass is 406 g/mol. The van der Waals surface area contributed by atoms with Gasteiger partial charge in [0.2, 0.25) is 0 Å². The van der Waals surface area contributed by atoms with Gasteiger partial charge < -0.3 is 30.1 Å². The van der Waals surface area contributed by atoms with Crippen LogP contribution in [-0.4, -0.2) is 73.6 Å². The molecule has 1 aliphatic heterocycles. The topological polar surface area (TPSA) is 95.4 Å². The molecule has 1 aromatic rings. The van der Waals surface area contributed by atoms with Gasteiger partial charge >= 0.3 is 6.09 Å². The number of piperidine rings is 1. The summed E-state index contributed by atoms with van der Waals surface area (Å²) in [6.07, 6.45) is 0.699. The Kier molecular flexibility index (Phi) is 9.56. The van der Waals surface area contributed by atoms with Crippen molar-refractivity contribution in [2.75, 3.05) is 39.4 Å². The summed E-state index contributed by atoms with van der Waals surface area (Å²) < 4.78 is 10.7. The summed E-state index contributed by atoms with van der Waals surface area (Å²) in [7, 11) is 0. The minimum Gasteiger partial charge on any atom is -0.491 e. The highest BCUT2D eigenvalue weighted by Gasteiger charge is 2.24. The number of aliphatic imine (C=N–C) groups is 1. The summed E-state index contributed by atoms with van der Waals surface area (Å²) in [6.45, 7) is 8.66. The molecule has 0 aliphatic carbocycles. The van der Waals surface area contributed by atoms with Crippen LogP contribution in [0.2, 0.25) is 0 Å². The third-order valence-corrected chi connectivity index (χ3v) is 4.60. The van der Waals surface area contributed by atoms with Crippen LogP contribution in [0.4, 0.5) is 4.79 Å². The van der Waals surface area contributed by atoms with Crippen molar-refractivity contribution in [1.29, 1.82) is 0 Å². The molecule has 0 saturated carbocycles. The maximum atomic E-state index is 11.8. The molecule has 0 radical (unpaired) electrons. The highest BCUT2D eigenvalue weighted by Crippen LogP contribution is 2.13. The van der Waals surface area contributed by atoms with Crippen LogP contribution in [-0.2, 0) is 4.74 Å². The van der Waals surface area contributed by atoms with Gasteiger partial charge in [-0.3, -0.25) is 4.99 Å². The Bertz CT molecular complexity index is 660. The molecule has 3 N–H and O–H groups in total. The summed E-state index contributed by atoms with van der Waals surface area (Å²) in [5.41, 5.74) is 1.11. The largest absolute Gasteiger partial charge is 0.491 e. The third-order valence-electron chi connectivity index (χ3n) is 4.60. The SMILES string of the molecule is CCNC(=NCC(O)COc1cccc(C)c1)NC1CCN(C(=O)OCC)CC1. The minimum atomic E-state index is -0.698. The number of carbonyl (C=O) groups excluding carboxylic acids is 1. The number of likely N-dealkylation sites (tertiary alicyclic amines) is 1. The number of aliphatic hydroxyl groups excluding tert-OH is 1. The number of guanidine groups is 1. The number of carbonyl (C=O) groups is 1. The molecule has 0 spiro atoms. The van der Waals surface area contributed by atoms with E-state index in [2.05, 4.69) is 15.6 Å². The number of aryl methyl sites for hydroxylation is 1. The molecular formula is C21H34N4O4. The summed E-state index contributed by atoms with van der Waals surface area (Å²) in [4.78, 5) is 18.0. The summed E-state index contributed by atoms with van der Waals surface area (Å²) in [5.74, 6) is 1.41. The van der Waals surface area contributed by atoms with Crippen molar-refractivity contribution in [3.8, 4) is 5.75 Å². The smallest absolute Gasteiger partial charge is 0.409 e. The Labute approximate surface area is 173 Å². The number of hydrogen-bond donors (Lipinski definition) is 3. The lowest BCUT2D eigenvalue weighted by molar-refractivity contribution is 0.0962. The highest BCUT2D eigenvalue weighted by atomic mass is 16.6. The lowest BCUT2D eigenvalue weighted by Crippen LogP contribution is -2.50. The molecule has 0 bridgehead atoms. The van der Waals surface area contributed by atoms with E-state index in [-0.39, 0.29) is 25.3 Å². The first kappa shape index (κ1) is 22.8. The van der Waals surface area contributed by atoms with Gasteiger partial charge in [-0.1, -0.05) is 12.1 Å². The Hall–Kier alpha value is -2.48. The van der Waals surface area contributed by atoms with Crippen LogP contribution in [0, 0.1) is 6.92 Å². The molecule has 162 valence electrons. The zero-order valence-electron chi connectivity index (χ0n) is 17.7. The van der Waals surface area contributed by atoms with Crippen molar-refractivity contribution in [1.82, 2.24) is 15.5 Å². The average Bonchev–Trinajstić information content (AvgIpc) is 2.71.